The van der Waals surface area contributed by atoms with Crippen molar-refractivity contribution in [3.8, 4) is 21.7 Å². The predicted molar refractivity (Wildman–Crippen MR) is 112 cm³/mol. The van der Waals surface area contributed by atoms with Crippen LogP contribution in [0, 0.1) is 13.8 Å². The molecule has 7 nitrogen and oxygen atoms in total. The first-order valence-corrected chi connectivity index (χ1v) is 10.8. The monoisotopic (exact) mass is 461 g/mol. The standard InChI is InChI=1S/C21H18F3N5O2S/c1-10-16(11(2)29(27-10)9-21(22,23)24)14-8-25-28-6-5-13(7-15(14)28)19-26-17(12-3-4-12)18(32-19)20(30)31/h5-8,12H,3-4,9H2,1-2H3,(H,30,31). The molecule has 4 aromatic heterocycles. The minimum Gasteiger partial charge on any atom is -0.477 e. The Morgan fingerprint density at radius 3 is 2.72 bits per heavy atom. The Hall–Kier alpha value is -3.21. The van der Waals surface area contributed by atoms with Gasteiger partial charge in [-0.05, 0) is 38.8 Å². The average molecular weight is 461 g/mol. The fourth-order valence-electron chi connectivity index (χ4n) is 3.96. The fraction of sp³-hybridized carbons (Fsp3) is 0.333. The predicted octanol–water partition coefficient (Wildman–Crippen LogP) is 5.08. The van der Waals surface area contributed by atoms with Gasteiger partial charge in [0.05, 0.1) is 23.1 Å². The molecule has 1 aliphatic rings. The first-order chi connectivity index (χ1) is 15.1. The van der Waals surface area contributed by atoms with Crippen molar-refractivity contribution in [2.45, 2.75) is 45.3 Å². The van der Waals surface area contributed by atoms with E-state index in [9.17, 15) is 23.1 Å². The number of rotatable bonds is 5. The van der Waals surface area contributed by atoms with Crippen LogP contribution in [-0.4, -0.2) is 41.6 Å². The van der Waals surface area contributed by atoms with E-state index in [4.69, 9.17) is 0 Å². The normalized spacial score (nSPS) is 14.4. The smallest absolute Gasteiger partial charge is 0.408 e. The largest absolute Gasteiger partial charge is 0.477 e. The highest BCUT2D eigenvalue weighted by Gasteiger charge is 2.33. The highest BCUT2D eigenvalue weighted by Crippen LogP contribution is 2.44. The summed E-state index contributed by atoms with van der Waals surface area (Å²) < 4.78 is 41.4. The average Bonchev–Trinajstić information content (AvgIpc) is 3.22. The Kier molecular flexibility index (Phi) is 4.63. The molecule has 0 spiro atoms. The molecule has 5 rings (SSSR count). The van der Waals surface area contributed by atoms with E-state index >= 15 is 0 Å². The van der Waals surface area contributed by atoms with Gasteiger partial charge in [0.2, 0.25) is 0 Å². The van der Waals surface area contributed by atoms with Gasteiger partial charge in [-0.3, -0.25) is 4.68 Å². The SMILES string of the molecule is Cc1nn(CC(F)(F)F)c(C)c1-c1cnn2ccc(-c3nc(C4CC4)c(C(=O)O)s3)cc12. The zero-order valence-corrected chi connectivity index (χ0v) is 18.0. The van der Waals surface area contributed by atoms with Crippen LogP contribution >= 0.6 is 11.3 Å². The molecular weight excluding hydrogens is 443 g/mol. The van der Waals surface area contributed by atoms with E-state index in [-0.39, 0.29) is 10.8 Å². The summed E-state index contributed by atoms with van der Waals surface area (Å²) in [6, 6.07) is 3.64. The number of carboxylic acid groups (broad SMARTS) is 1. The lowest BCUT2D eigenvalue weighted by Gasteiger charge is -2.08. The molecule has 0 amide bonds. The summed E-state index contributed by atoms with van der Waals surface area (Å²) in [4.78, 5) is 16.5. The molecule has 1 fully saturated rings. The van der Waals surface area contributed by atoms with Crippen molar-refractivity contribution >= 4 is 22.8 Å². The van der Waals surface area contributed by atoms with Crippen molar-refractivity contribution in [1.82, 2.24) is 24.4 Å². The third-order valence-electron chi connectivity index (χ3n) is 5.56. The third-order valence-corrected chi connectivity index (χ3v) is 6.67. The molecule has 166 valence electrons. The van der Waals surface area contributed by atoms with E-state index in [0.29, 0.717) is 38.7 Å². The van der Waals surface area contributed by atoms with Crippen LogP contribution in [0.1, 0.15) is 45.5 Å². The zero-order valence-electron chi connectivity index (χ0n) is 17.1. The highest BCUT2D eigenvalue weighted by atomic mass is 32.1. The molecule has 1 saturated carbocycles. The topological polar surface area (TPSA) is 85.3 Å². The van der Waals surface area contributed by atoms with Crippen LogP contribution in [0.3, 0.4) is 0 Å². The highest BCUT2D eigenvalue weighted by molar-refractivity contribution is 7.17. The van der Waals surface area contributed by atoms with Crippen LogP contribution in [0.15, 0.2) is 24.5 Å². The summed E-state index contributed by atoms with van der Waals surface area (Å²) in [5.41, 5.74) is 4.19. The van der Waals surface area contributed by atoms with Gasteiger partial charge in [-0.1, -0.05) is 0 Å². The summed E-state index contributed by atoms with van der Waals surface area (Å²) in [7, 11) is 0. The van der Waals surface area contributed by atoms with Gasteiger partial charge in [0.1, 0.15) is 16.4 Å². The minimum absolute atomic E-state index is 0.199. The lowest BCUT2D eigenvalue weighted by molar-refractivity contribution is -0.142. The van der Waals surface area contributed by atoms with Gasteiger partial charge in [0.15, 0.2) is 0 Å². The first kappa shape index (κ1) is 20.7. The zero-order chi connectivity index (χ0) is 22.8. The Bertz CT molecular complexity index is 1360. The first-order valence-electron chi connectivity index (χ1n) is 9.95. The molecule has 0 aromatic carbocycles. The van der Waals surface area contributed by atoms with Crippen molar-refractivity contribution in [3.63, 3.8) is 0 Å². The van der Waals surface area contributed by atoms with Crippen LogP contribution < -0.4 is 0 Å². The number of aromatic nitrogens is 5. The quantitative estimate of drug-likeness (QED) is 0.448. The fourth-order valence-corrected chi connectivity index (χ4v) is 4.95. The van der Waals surface area contributed by atoms with Crippen molar-refractivity contribution in [1.29, 1.82) is 0 Å². The Morgan fingerprint density at radius 1 is 1.31 bits per heavy atom. The van der Waals surface area contributed by atoms with Gasteiger partial charge in [-0.2, -0.15) is 23.4 Å². The van der Waals surface area contributed by atoms with Gasteiger partial charge < -0.3 is 5.11 Å². The van der Waals surface area contributed by atoms with Crippen molar-refractivity contribution in [2.75, 3.05) is 0 Å². The van der Waals surface area contributed by atoms with E-state index in [1.54, 1.807) is 36.8 Å². The molecular formula is C21H18F3N5O2S. The molecule has 0 aliphatic heterocycles. The molecule has 0 bridgehead atoms. The summed E-state index contributed by atoms with van der Waals surface area (Å²) in [6.45, 7) is 2.12. The molecule has 4 heterocycles. The molecule has 1 aliphatic carbocycles. The number of alkyl halides is 3. The molecule has 0 atom stereocenters. The molecule has 32 heavy (non-hydrogen) atoms. The number of carbonyl (C=O) groups is 1. The summed E-state index contributed by atoms with van der Waals surface area (Å²) in [6.07, 6.45) is 0.845. The minimum atomic E-state index is -4.37. The number of hydrogen-bond acceptors (Lipinski definition) is 5. The Morgan fingerprint density at radius 2 is 2.06 bits per heavy atom. The van der Waals surface area contributed by atoms with Crippen LogP contribution in [0.25, 0.3) is 27.2 Å². The van der Waals surface area contributed by atoms with E-state index in [1.807, 2.05) is 6.07 Å². The number of pyridine rings is 1. The van der Waals surface area contributed by atoms with E-state index in [0.717, 1.165) is 34.4 Å². The lowest BCUT2D eigenvalue weighted by atomic mass is 10.0. The maximum Gasteiger partial charge on any atom is 0.408 e. The van der Waals surface area contributed by atoms with E-state index < -0.39 is 18.7 Å². The van der Waals surface area contributed by atoms with Crippen molar-refractivity contribution in [3.05, 3.63) is 46.5 Å². The number of aromatic carboxylic acids is 1. The number of fused-ring (bicyclic) bond motifs is 1. The number of hydrogen-bond donors (Lipinski definition) is 1. The van der Waals surface area contributed by atoms with Crippen LogP contribution in [0.4, 0.5) is 13.2 Å². The van der Waals surface area contributed by atoms with Gasteiger partial charge in [-0.25, -0.2) is 14.3 Å². The van der Waals surface area contributed by atoms with Gasteiger partial charge in [0, 0.05) is 34.5 Å². The second-order valence-corrected chi connectivity index (χ2v) is 8.93. The maximum absolute atomic E-state index is 12.9. The second kappa shape index (κ2) is 7.16. The van der Waals surface area contributed by atoms with Crippen LogP contribution in [0.5, 0.6) is 0 Å². The Balaban J connectivity index is 1.61. The maximum atomic E-state index is 12.9. The lowest BCUT2D eigenvalue weighted by Crippen LogP contribution is -2.19. The van der Waals surface area contributed by atoms with Crippen molar-refractivity contribution in [2.24, 2.45) is 0 Å². The van der Waals surface area contributed by atoms with Gasteiger partial charge in [0.25, 0.3) is 0 Å². The van der Waals surface area contributed by atoms with E-state index in [1.165, 1.54) is 0 Å². The molecule has 11 heteroatoms. The number of aryl methyl sites for hydroxylation is 1. The molecule has 1 N–H and O–H groups in total. The second-order valence-electron chi connectivity index (χ2n) is 7.93. The Labute approximate surface area is 184 Å². The molecule has 4 aromatic rings. The number of nitrogens with zero attached hydrogens (tertiary/aromatic N) is 5. The van der Waals surface area contributed by atoms with E-state index in [2.05, 4.69) is 15.2 Å². The molecule has 0 radical (unpaired) electrons. The number of halogens is 3. The molecule has 0 unspecified atom stereocenters. The summed E-state index contributed by atoms with van der Waals surface area (Å²) >= 11 is 1.14. The summed E-state index contributed by atoms with van der Waals surface area (Å²) in [5.74, 6) is -0.782. The number of carboxylic acids is 1. The molecule has 0 saturated heterocycles. The van der Waals surface area contributed by atoms with Crippen LogP contribution in [0.2, 0.25) is 0 Å². The number of thiazole rings is 1. The van der Waals surface area contributed by atoms with Crippen LogP contribution in [-0.2, 0) is 6.54 Å². The van der Waals surface area contributed by atoms with Gasteiger partial charge in [-0.15, -0.1) is 11.3 Å². The third kappa shape index (κ3) is 3.56. The van der Waals surface area contributed by atoms with Crippen molar-refractivity contribution < 1.29 is 23.1 Å². The summed E-state index contributed by atoms with van der Waals surface area (Å²) in [5, 5.41) is 18.6. The van der Waals surface area contributed by atoms with Gasteiger partial charge >= 0.3 is 12.1 Å².